The number of hydrogen-bond donors (Lipinski definition) is 2. The molecular formula is C8H16N6O2. The van der Waals surface area contributed by atoms with Crippen molar-refractivity contribution in [2.24, 2.45) is 0 Å². The van der Waals surface area contributed by atoms with Crippen LogP contribution in [0.15, 0.2) is 0 Å². The molecule has 1 aromatic heterocycles. The van der Waals surface area contributed by atoms with Crippen LogP contribution in [0.25, 0.3) is 0 Å². The van der Waals surface area contributed by atoms with Gasteiger partial charge in [0.25, 0.3) is 11.7 Å². The van der Waals surface area contributed by atoms with Gasteiger partial charge in [-0.1, -0.05) is 0 Å². The minimum Gasteiger partial charge on any atom is -0.383 e. The molecule has 2 N–H and O–H groups in total. The summed E-state index contributed by atoms with van der Waals surface area (Å²) in [6, 6.07) is 0. The number of carbonyl (C=O) groups is 1. The highest BCUT2D eigenvalue weighted by atomic mass is 16.5. The number of aromatic nitrogens is 4. The van der Waals surface area contributed by atoms with Crippen molar-refractivity contribution in [2.75, 3.05) is 40.4 Å². The van der Waals surface area contributed by atoms with Crippen LogP contribution in [0.2, 0.25) is 0 Å². The monoisotopic (exact) mass is 228 g/mol. The first kappa shape index (κ1) is 12.5. The van der Waals surface area contributed by atoms with Crippen LogP contribution in [0.3, 0.4) is 0 Å². The van der Waals surface area contributed by atoms with Gasteiger partial charge in [-0.15, -0.1) is 10.2 Å². The molecule has 16 heavy (non-hydrogen) atoms. The van der Waals surface area contributed by atoms with Crippen LogP contribution in [0, 0.1) is 0 Å². The smallest absolute Gasteiger partial charge is 0.292 e. The zero-order valence-electron chi connectivity index (χ0n) is 9.43. The molecule has 0 unspecified atom stereocenters. The molecule has 1 heterocycles. The van der Waals surface area contributed by atoms with Gasteiger partial charge < -0.3 is 15.0 Å². The molecule has 8 nitrogen and oxygen atoms in total. The predicted octanol–water partition coefficient (Wildman–Crippen LogP) is -1.49. The molecule has 0 saturated heterocycles. The summed E-state index contributed by atoms with van der Waals surface area (Å²) in [5, 5.41) is 15.3. The van der Waals surface area contributed by atoms with Crippen LogP contribution >= 0.6 is 0 Å². The second-order valence-electron chi connectivity index (χ2n) is 3.29. The van der Waals surface area contributed by atoms with Crippen molar-refractivity contribution in [2.45, 2.75) is 0 Å². The zero-order valence-corrected chi connectivity index (χ0v) is 9.43. The number of carbonyl (C=O) groups excluding carboxylic acids is 1. The van der Waals surface area contributed by atoms with Gasteiger partial charge in [-0.3, -0.25) is 4.79 Å². The van der Waals surface area contributed by atoms with E-state index in [0.29, 0.717) is 13.2 Å². The maximum Gasteiger partial charge on any atom is 0.292 e. The highest BCUT2D eigenvalue weighted by molar-refractivity contribution is 5.89. The van der Waals surface area contributed by atoms with Crippen molar-refractivity contribution in [3.05, 3.63) is 5.82 Å². The lowest BCUT2D eigenvalue weighted by Gasteiger charge is -2.15. The Morgan fingerprint density at radius 2 is 2.38 bits per heavy atom. The summed E-state index contributed by atoms with van der Waals surface area (Å²) in [5.41, 5.74) is 0. The molecule has 0 aliphatic carbocycles. The number of tetrazole rings is 1. The molecule has 0 radical (unpaired) electrons. The van der Waals surface area contributed by atoms with Crippen LogP contribution < -0.4 is 5.32 Å². The van der Waals surface area contributed by atoms with Crippen molar-refractivity contribution in [3.63, 3.8) is 0 Å². The van der Waals surface area contributed by atoms with Gasteiger partial charge in [-0.2, -0.15) is 5.21 Å². The van der Waals surface area contributed by atoms with E-state index in [4.69, 9.17) is 4.74 Å². The van der Waals surface area contributed by atoms with Gasteiger partial charge >= 0.3 is 0 Å². The van der Waals surface area contributed by atoms with E-state index >= 15 is 0 Å². The zero-order chi connectivity index (χ0) is 11.8. The normalized spacial score (nSPS) is 10.7. The Kier molecular flexibility index (Phi) is 5.37. The van der Waals surface area contributed by atoms with Crippen LogP contribution in [0.4, 0.5) is 0 Å². The fourth-order valence-electron chi connectivity index (χ4n) is 1.06. The SMILES string of the molecule is COCCN(C)CCNC(=O)c1nn[nH]n1. The standard InChI is InChI=1S/C8H16N6O2/c1-14(5-6-16-2)4-3-9-8(15)7-10-12-13-11-7/h3-6H2,1-2H3,(H,9,15)(H,10,11,12,13). The summed E-state index contributed by atoms with van der Waals surface area (Å²) >= 11 is 0. The lowest BCUT2D eigenvalue weighted by atomic mass is 10.5. The third kappa shape index (κ3) is 4.32. The molecule has 1 amide bonds. The number of H-pyrrole nitrogens is 1. The molecule has 8 heteroatoms. The summed E-state index contributed by atoms with van der Waals surface area (Å²) in [7, 11) is 3.62. The Labute approximate surface area is 93.3 Å². The van der Waals surface area contributed by atoms with Crippen molar-refractivity contribution >= 4 is 5.91 Å². The molecule has 90 valence electrons. The first-order valence-electron chi connectivity index (χ1n) is 4.93. The molecule has 0 aliphatic rings. The number of amides is 1. The number of nitrogens with zero attached hydrogens (tertiary/aromatic N) is 4. The number of nitrogens with one attached hydrogen (secondary N) is 2. The predicted molar refractivity (Wildman–Crippen MR) is 55.9 cm³/mol. The molecule has 0 aromatic carbocycles. The van der Waals surface area contributed by atoms with Crippen molar-refractivity contribution in [1.82, 2.24) is 30.8 Å². The summed E-state index contributed by atoms with van der Waals surface area (Å²) in [6.45, 7) is 2.78. The van der Waals surface area contributed by atoms with Crippen molar-refractivity contribution < 1.29 is 9.53 Å². The maximum absolute atomic E-state index is 11.4. The molecule has 0 spiro atoms. The van der Waals surface area contributed by atoms with E-state index in [9.17, 15) is 4.79 Å². The average Bonchev–Trinajstić information content (AvgIpc) is 2.79. The van der Waals surface area contributed by atoms with E-state index in [-0.39, 0.29) is 11.7 Å². The van der Waals surface area contributed by atoms with E-state index in [0.717, 1.165) is 13.1 Å². The van der Waals surface area contributed by atoms with Gasteiger partial charge in [-0.05, 0) is 12.3 Å². The Bertz CT molecular complexity index is 301. The third-order valence-electron chi connectivity index (χ3n) is 2.00. The first-order valence-corrected chi connectivity index (χ1v) is 4.93. The van der Waals surface area contributed by atoms with Crippen LogP contribution in [0.5, 0.6) is 0 Å². The van der Waals surface area contributed by atoms with Gasteiger partial charge in [0.1, 0.15) is 0 Å². The van der Waals surface area contributed by atoms with Gasteiger partial charge in [0.15, 0.2) is 0 Å². The number of aromatic amines is 1. The number of hydrogen-bond acceptors (Lipinski definition) is 6. The minimum absolute atomic E-state index is 0.0551. The van der Waals surface area contributed by atoms with Gasteiger partial charge in [0.2, 0.25) is 0 Å². The van der Waals surface area contributed by atoms with Crippen molar-refractivity contribution in [1.29, 1.82) is 0 Å². The largest absolute Gasteiger partial charge is 0.383 e. The molecular weight excluding hydrogens is 212 g/mol. The second kappa shape index (κ2) is 6.85. The first-order chi connectivity index (χ1) is 7.74. The van der Waals surface area contributed by atoms with Crippen LogP contribution in [-0.2, 0) is 4.74 Å². The number of methoxy groups -OCH3 is 1. The highest BCUT2D eigenvalue weighted by Gasteiger charge is 2.09. The lowest BCUT2D eigenvalue weighted by Crippen LogP contribution is -2.34. The Balaban J connectivity index is 2.13. The van der Waals surface area contributed by atoms with Gasteiger partial charge in [0.05, 0.1) is 6.61 Å². The van der Waals surface area contributed by atoms with Crippen LogP contribution in [0.1, 0.15) is 10.6 Å². The summed E-state index contributed by atoms with van der Waals surface area (Å²) in [6.07, 6.45) is 0. The van der Waals surface area contributed by atoms with E-state index < -0.39 is 0 Å². The van der Waals surface area contributed by atoms with E-state index in [2.05, 4.69) is 30.8 Å². The Hall–Kier alpha value is -1.54. The molecule has 0 atom stereocenters. The second-order valence-corrected chi connectivity index (χ2v) is 3.29. The quantitative estimate of drug-likeness (QED) is 0.590. The van der Waals surface area contributed by atoms with E-state index in [1.165, 1.54) is 0 Å². The third-order valence-corrected chi connectivity index (χ3v) is 2.00. The maximum atomic E-state index is 11.4. The number of rotatable bonds is 7. The summed E-state index contributed by atoms with van der Waals surface area (Å²) in [5.74, 6) is -0.270. The number of likely N-dealkylation sites (N-methyl/N-ethyl adjacent to an activating group) is 1. The molecule has 0 saturated carbocycles. The fraction of sp³-hybridized carbons (Fsp3) is 0.750. The van der Waals surface area contributed by atoms with E-state index in [1.807, 2.05) is 7.05 Å². The molecule has 0 bridgehead atoms. The minimum atomic E-state index is -0.325. The molecule has 0 fully saturated rings. The number of ether oxygens (including phenoxy) is 1. The fourth-order valence-corrected chi connectivity index (χ4v) is 1.06. The average molecular weight is 228 g/mol. The van der Waals surface area contributed by atoms with Crippen LogP contribution in [-0.4, -0.2) is 71.8 Å². The van der Waals surface area contributed by atoms with Gasteiger partial charge in [-0.25, -0.2) is 0 Å². The summed E-state index contributed by atoms with van der Waals surface area (Å²) in [4.78, 5) is 13.4. The Morgan fingerprint density at radius 3 is 3.00 bits per heavy atom. The molecule has 0 aliphatic heterocycles. The van der Waals surface area contributed by atoms with E-state index in [1.54, 1.807) is 7.11 Å². The van der Waals surface area contributed by atoms with Crippen molar-refractivity contribution in [3.8, 4) is 0 Å². The lowest BCUT2D eigenvalue weighted by molar-refractivity contribution is 0.0937. The summed E-state index contributed by atoms with van der Waals surface area (Å²) < 4.78 is 4.94. The van der Waals surface area contributed by atoms with Gasteiger partial charge in [0, 0.05) is 26.7 Å². The Morgan fingerprint density at radius 1 is 1.56 bits per heavy atom. The molecule has 1 aromatic rings. The molecule has 1 rings (SSSR count). The topological polar surface area (TPSA) is 96.0 Å². The highest BCUT2D eigenvalue weighted by Crippen LogP contribution is 1.84.